The van der Waals surface area contributed by atoms with Gasteiger partial charge in [0.15, 0.2) is 0 Å². The molecule has 5 nitrogen and oxygen atoms in total. The topological polar surface area (TPSA) is 49.6 Å². The van der Waals surface area contributed by atoms with E-state index in [1.165, 1.54) is 12.8 Å². The van der Waals surface area contributed by atoms with Crippen molar-refractivity contribution in [2.75, 3.05) is 26.2 Å². The van der Waals surface area contributed by atoms with E-state index in [1.807, 2.05) is 25.3 Å². The summed E-state index contributed by atoms with van der Waals surface area (Å²) in [5, 5.41) is 3.48. The monoisotopic (exact) mass is 298 g/mol. The molecule has 22 heavy (non-hydrogen) atoms. The SMILES string of the molecule is Cc1ccc2nc(CN3CCC4(CCNC4)C3)cc(=O)n2c1. The van der Waals surface area contributed by atoms with Crippen molar-refractivity contribution in [2.45, 2.75) is 26.3 Å². The molecule has 4 heterocycles. The van der Waals surface area contributed by atoms with E-state index in [0.717, 1.165) is 49.6 Å². The van der Waals surface area contributed by atoms with Gasteiger partial charge in [-0.25, -0.2) is 4.98 Å². The maximum absolute atomic E-state index is 12.3. The third-order valence-electron chi connectivity index (χ3n) is 5.10. The summed E-state index contributed by atoms with van der Waals surface area (Å²) in [6.45, 7) is 7.27. The van der Waals surface area contributed by atoms with Crippen molar-refractivity contribution in [3.63, 3.8) is 0 Å². The lowest BCUT2D eigenvalue weighted by Gasteiger charge is -2.22. The summed E-state index contributed by atoms with van der Waals surface area (Å²) >= 11 is 0. The second-order valence-corrected chi connectivity index (χ2v) is 6.91. The van der Waals surface area contributed by atoms with Gasteiger partial charge in [-0.15, -0.1) is 0 Å². The van der Waals surface area contributed by atoms with Crippen LogP contribution in [0.5, 0.6) is 0 Å². The highest BCUT2D eigenvalue weighted by atomic mass is 16.1. The van der Waals surface area contributed by atoms with Gasteiger partial charge in [0.05, 0.1) is 5.69 Å². The van der Waals surface area contributed by atoms with Gasteiger partial charge in [-0.2, -0.15) is 0 Å². The molecule has 0 aromatic carbocycles. The normalized spacial score (nSPS) is 25.5. The van der Waals surface area contributed by atoms with Gasteiger partial charge in [0.1, 0.15) is 5.65 Å². The molecule has 0 bridgehead atoms. The Morgan fingerprint density at radius 2 is 2.27 bits per heavy atom. The number of fused-ring (bicyclic) bond motifs is 1. The Morgan fingerprint density at radius 1 is 1.36 bits per heavy atom. The third kappa shape index (κ3) is 2.44. The zero-order valence-electron chi connectivity index (χ0n) is 13.0. The van der Waals surface area contributed by atoms with Crippen molar-refractivity contribution in [1.29, 1.82) is 0 Å². The minimum atomic E-state index is 0.0140. The Morgan fingerprint density at radius 3 is 3.09 bits per heavy atom. The first-order valence-corrected chi connectivity index (χ1v) is 8.06. The third-order valence-corrected chi connectivity index (χ3v) is 5.10. The highest BCUT2D eigenvalue weighted by molar-refractivity contribution is 5.39. The largest absolute Gasteiger partial charge is 0.316 e. The molecule has 4 rings (SSSR count). The van der Waals surface area contributed by atoms with Crippen molar-refractivity contribution in [3.05, 3.63) is 46.0 Å². The average Bonchev–Trinajstić information content (AvgIpc) is 3.11. The van der Waals surface area contributed by atoms with E-state index in [4.69, 9.17) is 0 Å². The number of nitrogens with one attached hydrogen (secondary N) is 1. The number of hydrogen-bond donors (Lipinski definition) is 1. The van der Waals surface area contributed by atoms with Crippen molar-refractivity contribution in [1.82, 2.24) is 19.6 Å². The number of aromatic nitrogens is 2. The molecule has 1 N–H and O–H groups in total. The Hall–Kier alpha value is -1.72. The number of hydrogen-bond acceptors (Lipinski definition) is 4. The smallest absolute Gasteiger partial charge is 0.258 e. The molecular formula is C17H22N4O. The molecule has 1 spiro atoms. The van der Waals surface area contributed by atoms with Crippen LogP contribution in [0.4, 0.5) is 0 Å². The lowest BCUT2D eigenvalue weighted by molar-refractivity contribution is 0.266. The lowest BCUT2D eigenvalue weighted by Crippen LogP contribution is -2.29. The maximum atomic E-state index is 12.3. The fourth-order valence-electron chi connectivity index (χ4n) is 3.87. The van der Waals surface area contributed by atoms with E-state index in [-0.39, 0.29) is 5.56 Å². The van der Waals surface area contributed by atoms with Gasteiger partial charge in [-0.05, 0) is 49.9 Å². The number of aryl methyl sites for hydroxylation is 1. The fraction of sp³-hybridized carbons (Fsp3) is 0.529. The molecule has 2 saturated heterocycles. The van der Waals surface area contributed by atoms with E-state index < -0.39 is 0 Å². The zero-order valence-corrected chi connectivity index (χ0v) is 13.0. The standard InChI is InChI=1S/C17H22N4O/c1-13-2-3-15-19-14(8-16(22)21(15)9-13)10-20-7-5-17(12-20)4-6-18-11-17/h2-3,8-9,18H,4-7,10-12H2,1H3. The molecule has 0 radical (unpaired) electrons. The molecule has 2 aromatic rings. The molecule has 2 aromatic heterocycles. The van der Waals surface area contributed by atoms with Gasteiger partial charge in [-0.1, -0.05) is 6.07 Å². The summed E-state index contributed by atoms with van der Waals surface area (Å²) in [6, 6.07) is 5.61. The molecule has 5 heteroatoms. The molecule has 0 amide bonds. The molecule has 0 aliphatic carbocycles. The second kappa shape index (κ2) is 5.18. The quantitative estimate of drug-likeness (QED) is 0.905. The summed E-state index contributed by atoms with van der Waals surface area (Å²) in [4.78, 5) is 19.4. The Labute approximate surface area is 130 Å². The fourth-order valence-corrected chi connectivity index (χ4v) is 3.87. The first kappa shape index (κ1) is 13.9. The summed E-state index contributed by atoms with van der Waals surface area (Å²) in [5.41, 5.74) is 3.17. The molecule has 116 valence electrons. The molecular weight excluding hydrogens is 276 g/mol. The minimum Gasteiger partial charge on any atom is -0.316 e. The van der Waals surface area contributed by atoms with Crippen LogP contribution in [0.25, 0.3) is 5.65 Å². The van der Waals surface area contributed by atoms with Gasteiger partial charge >= 0.3 is 0 Å². The van der Waals surface area contributed by atoms with E-state index in [9.17, 15) is 4.79 Å². The Kier molecular flexibility index (Phi) is 3.27. The molecule has 2 aliphatic heterocycles. The van der Waals surface area contributed by atoms with Crippen LogP contribution in [0, 0.1) is 12.3 Å². The van der Waals surface area contributed by atoms with E-state index in [2.05, 4.69) is 15.2 Å². The van der Waals surface area contributed by atoms with Crippen molar-refractivity contribution in [2.24, 2.45) is 5.41 Å². The number of likely N-dealkylation sites (tertiary alicyclic amines) is 1. The Balaban J connectivity index is 1.57. The molecule has 0 saturated carbocycles. The van der Waals surface area contributed by atoms with Gasteiger partial charge < -0.3 is 5.32 Å². The summed E-state index contributed by atoms with van der Waals surface area (Å²) in [6.07, 6.45) is 4.38. The first-order valence-electron chi connectivity index (χ1n) is 8.06. The number of rotatable bonds is 2. The maximum Gasteiger partial charge on any atom is 0.258 e. The van der Waals surface area contributed by atoms with Crippen LogP contribution in [0.15, 0.2) is 29.2 Å². The summed E-state index contributed by atoms with van der Waals surface area (Å²) in [7, 11) is 0. The average molecular weight is 298 g/mol. The van der Waals surface area contributed by atoms with Crippen LogP contribution in [0.1, 0.15) is 24.1 Å². The van der Waals surface area contributed by atoms with E-state index >= 15 is 0 Å². The summed E-state index contributed by atoms with van der Waals surface area (Å²) < 4.78 is 1.63. The molecule has 1 unspecified atom stereocenters. The van der Waals surface area contributed by atoms with Crippen LogP contribution >= 0.6 is 0 Å². The van der Waals surface area contributed by atoms with E-state index in [1.54, 1.807) is 10.5 Å². The number of pyridine rings is 1. The highest BCUT2D eigenvalue weighted by Crippen LogP contribution is 2.36. The Bertz CT molecular complexity index is 761. The first-order chi connectivity index (χ1) is 10.6. The molecule has 2 aliphatic rings. The second-order valence-electron chi connectivity index (χ2n) is 6.91. The molecule has 1 atom stereocenters. The van der Waals surface area contributed by atoms with Crippen molar-refractivity contribution in [3.8, 4) is 0 Å². The molecule has 2 fully saturated rings. The van der Waals surface area contributed by atoms with Crippen LogP contribution < -0.4 is 10.9 Å². The predicted octanol–water partition coefficient (Wildman–Crippen LogP) is 1.19. The lowest BCUT2D eigenvalue weighted by atomic mass is 9.87. The highest BCUT2D eigenvalue weighted by Gasteiger charge is 2.40. The zero-order chi connectivity index (χ0) is 15.2. The van der Waals surface area contributed by atoms with Gasteiger partial charge in [0.2, 0.25) is 0 Å². The van der Waals surface area contributed by atoms with Crippen LogP contribution in [-0.4, -0.2) is 40.5 Å². The predicted molar refractivity (Wildman–Crippen MR) is 86.0 cm³/mol. The van der Waals surface area contributed by atoms with Crippen molar-refractivity contribution >= 4 is 5.65 Å². The number of nitrogens with zero attached hydrogens (tertiary/aromatic N) is 3. The van der Waals surface area contributed by atoms with Gasteiger partial charge in [0, 0.05) is 31.9 Å². The van der Waals surface area contributed by atoms with Crippen LogP contribution in [0.2, 0.25) is 0 Å². The van der Waals surface area contributed by atoms with Gasteiger partial charge in [0.25, 0.3) is 5.56 Å². The summed E-state index contributed by atoms with van der Waals surface area (Å²) in [5.74, 6) is 0. The van der Waals surface area contributed by atoms with Crippen LogP contribution in [-0.2, 0) is 6.54 Å². The van der Waals surface area contributed by atoms with Crippen molar-refractivity contribution < 1.29 is 0 Å². The van der Waals surface area contributed by atoms with E-state index in [0.29, 0.717) is 5.41 Å². The van der Waals surface area contributed by atoms with Gasteiger partial charge in [-0.3, -0.25) is 14.1 Å². The van der Waals surface area contributed by atoms with Crippen LogP contribution in [0.3, 0.4) is 0 Å². The minimum absolute atomic E-state index is 0.0140.